The molecule has 0 aliphatic heterocycles. The minimum Gasteiger partial charge on any atom is -0.748 e. The molecule has 0 aliphatic rings. The molecule has 0 heterocycles. The van der Waals surface area contributed by atoms with Gasteiger partial charge in [0.1, 0.15) is 0 Å². The molecule has 0 atom stereocenters. The van der Waals surface area contributed by atoms with E-state index in [0.29, 0.717) is 15.1 Å². The first-order chi connectivity index (χ1) is 6.22. The Morgan fingerprint density at radius 2 is 1.43 bits per heavy atom. The maximum atomic E-state index is 5.53. The monoisotopic (exact) mass is 322 g/mol. The molecule has 0 nitrogen and oxygen atoms in total. The third-order valence-corrected chi connectivity index (χ3v) is 2.58. The molecule has 0 spiro atoms. The van der Waals surface area contributed by atoms with Crippen molar-refractivity contribution in [2.24, 2.45) is 0 Å². The number of rotatable bonds is 0. The Kier molecular flexibility index (Phi) is 7.96. The average molecular weight is 325 g/mol. The van der Waals surface area contributed by atoms with Crippen LogP contribution in [0, 0.1) is 0 Å². The van der Waals surface area contributed by atoms with Crippen molar-refractivity contribution in [3.63, 3.8) is 0 Å². The van der Waals surface area contributed by atoms with Gasteiger partial charge in [-0.15, -0.1) is 11.6 Å². The summed E-state index contributed by atoms with van der Waals surface area (Å²) in [6, 6.07) is 13.3. The Labute approximate surface area is 118 Å². The molecule has 0 aromatic heterocycles. The molecule has 0 unspecified atom stereocenters. The average Bonchev–Trinajstić information content (AvgIpc) is 2.75. The van der Waals surface area contributed by atoms with Crippen LogP contribution in [0.2, 0.25) is 15.1 Å². The van der Waals surface area contributed by atoms with Gasteiger partial charge >= 0.3 is 0 Å². The van der Waals surface area contributed by atoms with Gasteiger partial charge in [-0.05, 0) is 5.02 Å². The second-order valence-corrected chi connectivity index (χ2v) is 3.50. The van der Waals surface area contributed by atoms with Crippen LogP contribution in [0.15, 0.2) is 42.5 Å². The Morgan fingerprint density at radius 3 is 1.57 bits per heavy atom. The van der Waals surface area contributed by atoms with Crippen LogP contribution >= 0.6 is 34.8 Å². The Bertz CT molecular complexity index is 301. The Hall–Kier alpha value is 0.453. The molecular formula is C10H7Cl3Zr-6. The van der Waals surface area contributed by atoms with E-state index in [1.165, 1.54) is 0 Å². The van der Waals surface area contributed by atoms with E-state index in [0.717, 1.165) is 0 Å². The van der Waals surface area contributed by atoms with Crippen LogP contribution in [0.4, 0.5) is 0 Å². The van der Waals surface area contributed by atoms with Gasteiger partial charge in [0.05, 0.1) is 0 Å². The molecule has 4 heteroatoms. The topological polar surface area (TPSA) is 0 Å². The molecule has 2 rings (SSSR count). The molecule has 0 amide bonds. The first-order valence-electron chi connectivity index (χ1n) is 3.64. The van der Waals surface area contributed by atoms with Gasteiger partial charge in [-0.25, -0.2) is 0 Å². The number of hydrogen-bond donors (Lipinski definition) is 0. The van der Waals surface area contributed by atoms with E-state index in [4.69, 9.17) is 34.8 Å². The fraction of sp³-hybridized carbons (Fsp3) is 0. The van der Waals surface area contributed by atoms with Gasteiger partial charge in [-0.1, -0.05) is 10.0 Å². The summed E-state index contributed by atoms with van der Waals surface area (Å²) < 4.78 is 0. The zero-order valence-electron chi connectivity index (χ0n) is 7.18. The van der Waals surface area contributed by atoms with Crippen LogP contribution in [0.25, 0.3) is 0 Å². The van der Waals surface area contributed by atoms with Crippen molar-refractivity contribution in [3.05, 3.63) is 57.5 Å². The van der Waals surface area contributed by atoms with Crippen molar-refractivity contribution in [2.75, 3.05) is 0 Å². The molecule has 0 fully saturated rings. The maximum Gasteiger partial charge on any atom is 0 e. The van der Waals surface area contributed by atoms with Gasteiger partial charge in [-0.3, -0.25) is 0 Å². The zero-order chi connectivity index (χ0) is 9.68. The molecule has 0 radical (unpaired) electrons. The maximum absolute atomic E-state index is 5.53. The van der Waals surface area contributed by atoms with E-state index in [1.54, 1.807) is 12.1 Å². The first-order valence-corrected chi connectivity index (χ1v) is 4.78. The SMILES string of the molecule is Clc1cc[c-](Cl)c1Cl.[Zr].[cH-]1[cH-][cH-][cH-][cH-]1. The summed E-state index contributed by atoms with van der Waals surface area (Å²) in [6.07, 6.45) is 0. The zero-order valence-corrected chi connectivity index (χ0v) is 11.9. The third-order valence-electron chi connectivity index (χ3n) is 1.35. The van der Waals surface area contributed by atoms with Gasteiger partial charge < -0.3 is 30.3 Å². The molecule has 2 aromatic carbocycles. The van der Waals surface area contributed by atoms with Crippen LogP contribution in [-0.2, 0) is 26.2 Å². The quantitative estimate of drug-likeness (QED) is 0.612. The third kappa shape index (κ3) is 4.80. The second kappa shape index (κ2) is 7.71. The van der Waals surface area contributed by atoms with Crippen molar-refractivity contribution in [1.82, 2.24) is 0 Å². The summed E-state index contributed by atoms with van der Waals surface area (Å²) in [5.41, 5.74) is 0. The standard InChI is InChI=1S/C5H2Cl3.C5H5.Zr/c6-3-1-2-4(7)5(3)8;1-2-4-5-3-1;/h1-2H;1-5H;/q-1;-5;. The molecule has 0 aliphatic carbocycles. The van der Waals surface area contributed by atoms with Crippen molar-refractivity contribution < 1.29 is 26.2 Å². The van der Waals surface area contributed by atoms with Crippen molar-refractivity contribution in [1.29, 1.82) is 0 Å². The van der Waals surface area contributed by atoms with Crippen molar-refractivity contribution in [2.45, 2.75) is 0 Å². The molecule has 78 valence electrons. The number of hydrogen-bond acceptors (Lipinski definition) is 0. The van der Waals surface area contributed by atoms with E-state index >= 15 is 0 Å². The molecular weight excluding hydrogens is 318 g/mol. The summed E-state index contributed by atoms with van der Waals surface area (Å²) in [6.45, 7) is 0. The van der Waals surface area contributed by atoms with Gasteiger partial charge in [0.2, 0.25) is 0 Å². The summed E-state index contributed by atoms with van der Waals surface area (Å²) in [5, 5.41) is 1.46. The van der Waals surface area contributed by atoms with E-state index in [1.807, 2.05) is 30.3 Å². The van der Waals surface area contributed by atoms with Gasteiger partial charge in [-0.2, -0.15) is 35.3 Å². The van der Waals surface area contributed by atoms with Gasteiger partial charge in [0, 0.05) is 26.2 Å². The van der Waals surface area contributed by atoms with Crippen LogP contribution in [0.1, 0.15) is 0 Å². The molecule has 2 aromatic rings. The first kappa shape index (κ1) is 14.5. The number of halogens is 3. The largest absolute Gasteiger partial charge is 0.748 e. The summed E-state index contributed by atoms with van der Waals surface area (Å²) in [5.74, 6) is 0. The molecule has 0 saturated carbocycles. The van der Waals surface area contributed by atoms with Crippen LogP contribution in [0.5, 0.6) is 0 Å². The minimum atomic E-state index is 0. The minimum absolute atomic E-state index is 0. The van der Waals surface area contributed by atoms with Crippen molar-refractivity contribution >= 4 is 34.8 Å². The van der Waals surface area contributed by atoms with Crippen LogP contribution < -0.4 is 0 Å². The van der Waals surface area contributed by atoms with Gasteiger partial charge in [0.25, 0.3) is 0 Å². The fourth-order valence-corrected chi connectivity index (χ4v) is 1.23. The molecule has 0 saturated heterocycles. The van der Waals surface area contributed by atoms with Crippen molar-refractivity contribution in [3.8, 4) is 0 Å². The normalized spacial score (nSPS) is 8.50. The predicted molar refractivity (Wildman–Crippen MR) is 59.1 cm³/mol. The summed E-state index contributed by atoms with van der Waals surface area (Å²) in [7, 11) is 0. The molecule has 14 heavy (non-hydrogen) atoms. The Morgan fingerprint density at radius 1 is 1.00 bits per heavy atom. The van der Waals surface area contributed by atoms with Crippen LogP contribution in [0.3, 0.4) is 0 Å². The van der Waals surface area contributed by atoms with Crippen LogP contribution in [-0.4, -0.2) is 0 Å². The molecule has 0 bridgehead atoms. The van der Waals surface area contributed by atoms with E-state index in [2.05, 4.69) is 0 Å². The second-order valence-electron chi connectivity index (χ2n) is 2.31. The van der Waals surface area contributed by atoms with E-state index in [-0.39, 0.29) is 26.2 Å². The predicted octanol–water partition coefficient (Wildman–Crippen LogP) is 4.77. The Balaban J connectivity index is 0.000000246. The van der Waals surface area contributed by atoms with Gasteiger partial charge in [0.15, 0.2) is 0 Å². The smallest absolute Gasteiger partial charge is 0 e. The summed E-state index contributed by atoms with van der Waals surface area (Å²) >= 11 is 16.6. The van der Waals surface area contributed by atoms with E-state index in [9.17, 15) is 0 Å². The molecule has 0 N–H and O–H groups in total. The van der Waals surface area contributed by atoms with E-state index < -0.39 is 0 Å². The fourth-order valence-electron chi connectivity index (χ4n) is 0.727. The summed E-state index contributed by atoms with van der Waals surface area (Å²) in [4.78, 5) is 0.